The number of nitrogens with two attached hydrogens (primary N) is 1. The van der Waals surface area contributed by atoms with Gasteiger partial charge in [0.25, 0.3) is 0 Å². The Morgan fingerprint density at radius 2 is 1.44 bits per heavy atom. The fourth-order valence-corrected chi connectivity index (χ4v) is 11.1. The van der Waals surface area contributed by atoms with E-state index in [0.717, 1.165) is 51.4 Å². The van der Waals surface area contributed by atoms with Gasteiger partial charge in [-0.2, -0.15) is 0 Å². The third-order valence-corrected chi connectivity index (χ3v) is 13.9. The summed E-state index contributed by atoms with van der Waals surface area (Å²) in [5, 5.41) is 29.8. The lowest BCUT2D eigenvalue weighted by atomic mass is 9.43. The number of aliphatic hydroxyl groups excluding tert-OH is 2. The smallest absolute Gasteiger partial charge is 0.0577 e. The summed E-state index contributed by atoms with van der Waals surface area (Å²) < 4.78 is 0. The highest BCUT2D eigenvalue weighted by Crippen LogP contribution is 2.68. The summed E-state index contributed by atoms with van der Waals surface area (Å²) in [6.45, 7) is 16.2. The summed E-state index contributed by atoms with van der Waals surface area (Å²) in [6, 6.07) is 0.627. The molecule has 4 aliphatic carbocycles. The average molecular weight is 604 g/mol. The van der Waals surface area contributed by atoms with Crippen LogP contribution in [0.25, 0.3) is 0 Å². The van der Waals surface area contributed by atoms with Crippen LogP contribution in [-0.4, -0.2) is 54.6 Å². The molecule has 0 saturated heterocycles. The quantitative estimate of drug-likeness (QED) is 0.106. The standard InChI is InChI=1S/C38H73N3O2/c1-27(2)34(42)16-13-28(3)31-14-15-32-36-33(18-20-38(31,32)5)37(4)19-17-30(25-29(37)26-35(36)43)41-24-12-23-40-22-11-9-7-6-8-10-21-39/h27-36,40-43H,6-26,39H2,1-5H3/t28-,29-,30+,31-,32?,33?,34-,35+,36?,37+,38-/m1/s1. The minimum atomic E-state index is -0.168. The Hall–Kier alpha value is -0.200. The highest BCUT2D eigenvalue weighted by Gasteiger charge is 2.62. The number of rotatable bonds is 18. The van der Waals surface area contributed by atoms with Crippen LogP contribution in [0.3, 0.4) is 0 Å². The van der Waals surface area contributed by atoms with Crippen LogP contribution in [0.1, 0.15) is 144 Å². The van der Waals surface area contributed by atoms with Gasteiger partial charge in [0.1, 0.15) is 0 Å². The predicted molar refractivity (Wildman–Crippen MR) is 182 cm³/mol. The maximum Gasteiger partial charge on any atom is 0.0577 e. The normalized spacial score (nSPS) is 38.9. The molecule has 0 aliphatic heterocycles. The van der Waals surface area contributed by atoms with Gasteiger partial charge in [-0.1, -0.05) is 60.3 Å². The summed E-state index contributed by atoms with van der Waals surface area (Å²) in [4.78, 5) is 0. The lowest BCUT2D eigenvalue weighted by Crippen LogP contribution is -2.59. The minimum Gasteiger partial charge on any atom is -0.393 e. The molecule has 0 aromatic rings. The van der Waals surface area contributed by atoms with Crippen molar-refractivity contribution in [2.24, 2.45) is 58.0 Å². The fourth-order valence-electron chi connectivity index (χ4n) is 11.1. The zero-order valence-corrected chi connectivity index (χ0v) is 29.1. The number of unbranched alkanes of at least 4 members (excludes halogenated alkanes) is 5. The van der Waals surface area contributed by atoms with Crippen LogP contribution >= 0.6 is 0 Å². The van der Waals surface area contributed by atoms with Crippen LogP contribution in [0.5, 0.6) is 0 Å². The Kier molecular flexibility index (Phi) is 13.7. The van der Waals surface area contributed by atoms with Crippen molar-refractivity contribution in [2.75, 3.05) is 26.2 Å². The zero-order chi connectivity index (χ0) is 31.0. The van der Waals surface area contributed by atoms with Gasteiger partial charge < -0.3 is 26.6 Å². The topological polar surface area (TPSA) is 90.5 Å². The molecule has 11 atom stereocenters. The van der Waals surface area contributed by atoms with Crippen molar-refractivity contribution in [3.63, 3.8) is 0 Å². The van der Waals surface area contributed by atoms with Gasteiger partial charge >= 0.3 is 0 Å². The molecule has 4 aliphatic rings. The SMILES string of the molecule is CC(C)[C@H](O)CC[C@@H](C)[C@H]1CCC2C3C(CC[C@@]21C)[C@@]1(C)CC[C@H](NCCCNCCCCCCCCN)C[C@@H]1C[C@@H]3O. The molecule has 4 saturated carbocycles. The summed E-state index contributed by atoms with van der Waals surface area (Å²) in [5.41, 5.74) is 6.35. The molecule has 5 heteroatoms. The second kappa shape index (κ2) is 16.6. The van der Waals surface area contributed by atoms with Crippen LogP contribution in [0.15, 0.2) is 0 Å². The molecule has 5 nitrogen and oxygen atoms in total. The summed E-state index contributed by atoms with van der Waals surface area (Å²) in [7, 11) is 0. The van der Waals surface area contributed by atoms with Crippen molar-refractivity contribution < 1.29 is 10.2 Å². The maximum atomic E-state index is 11.8. The fraction of sp³-hybridized carbons (Fsp3) is 1.00. The van der Waals surface area contributed by atoms with E-state index in [1.165, 1.54) is 89.9 Å². The molecule has 0 amide bonds. The van der Waals surface area contributed by atoms with Crippen LogP contribution in [-0.2, 0) is 0 Å². The van der Waals surface area contributed by atoms with Gasteiger partial charge in [-0.15, -0.1) is 0 Å². The first kappa shape index (κ1) is 35.7. The van der Waals surface area contributed by atoms with E-state index in [1.807, 2.05) is 0 Å². The van der Waals surface area contributed by atoms with E-state index in [1.54, 1.807) is 0 Å². The number of fused-ring (bicyclic) bond motifs is 5. The van der Waals surface area contributed by atoms with Crippen molar-refractivity contribution in [3.8, 4) is 0 Å². The molecule has 252 valence electrons. The van der Waals surface area contributed by atoms with E-state index in [4.69, 9.17) is 5.73 Å². The largest absolute Gasteiger partial charge is 0.393 e. The molecule has 0 aromatic heterocycles. The van der Waals surface area contributed by atoms with Crippen LogP contribution in [0, 0.1) is 52.3 Å². The van der Waals surface area contributed by atoms with Gasteiger partial charge in [-0.25, -0.2) is 0 Å². The molecular weight excluding hydrogens is 530 g/mol. The van der Waals surface area contributed by atoms with E-state index in [2.05, 4.69) is 45.3 Å². The summed E-state index contributed by atoms with van der Waals surface area (Å²) in [6.07, 6.45) is 21.0. The number of hydrogen-bond acceptors (Lipinski definition) is 5. The van der Waals surface area contributed by atoms with Crippen LogP contribution in [0.4, 0.5) is 0 Å². The molecule has 4 rings (SSSR count). The average Bonchev–Trinajstić information content (AvgIpc) is 3.34. The first-order valence-corrected chi connectivity index (χ1v) is 19.1. The van der Waals surface area contributed by atoms with E-state index in [0.29, 0.717) is 52.4 Å². The molecule has 0 radical (unpaired) electrons. The minimum absolute atomic E-state index is 0.117. The molecule has 43 heavy (non-hydrogen) atoms. The van der Waals surface area contributed by atoms with Crippen molar-refractivity contribution in [1.82, 2.24) is 10.6 Å². The van der Waals surface area contributed by atoms with Crippen molar-refractivity contribution in [1.29, 1.82) is 0 Å². The van der Waals surface area contributed by atoms with E-state index < -0.39 is 0 Å². The first-order chi connectivity index (χ1) is 20.6. The van der Waals surface area contributed by atoms with E-state index in [-0.39, 0.29) is 12.2 Å². The number of aliphatic hydroxyl groups is 2. The second-order valence-corrected chi connectivity index (χ2v) is 16.8. The van der Waals surface area contributed by atoms with Gasteiger partial charge in [-0.3, -0.25) is 0 Å². The molecule has 0 heterocycles. The van der Waals surface area contributed by atoms with E-state index in [9.17, 15) is 10.2 Å². The van der Waals surface area contributed by atoms with Gasteiger partial charge in [0, 0.05) is 6.04 Å². The third-order valence-electron chi connectivity index (χ3n) is 13.9. The number of hydrogen-bond donors (Lipinski definition) is 5. The van der Waals surface area contributed by atoms with Crippen molar-refractivity contribution in [3.05, 3.63) is 0 Å². The Balaban J connectivity index is 1.20. The van der Waals surface area contributed by atoms with Crippen LogP contribution < -0.4 is 16.4 Å². The lowest BCUT2D eigenvalue weighted by Gasteiger charge is -2.62. The zero-order valence-electron chi connectivity index (χ0n) is 29.1. The third kappa shape index (κ3) is 8.59. The van der Waals surface area contributed by atoms with Gasteiger partial charge in [-0.05, 0) is 162 Å². The Bertz CT molecular complexity index is 808. The Labute approximate surface area is 266 Å². The highest BCUT2D eigenvalue weighted by atomic mass is 16.3. The number of nitrogens with one attached hydrogen (secondary N) is 2. The maximum absolute atomic E-state index is 11.8. The lowest BCUT2D eigenvalue weighted by molar-refractivity contribution is -0.167. The predicted octanol–water partition coefficient (Wildman–Crippen LogP) is 7.29. The summed E-state index contributed by atoms with van der Waals surface area (Å²) >= 11 is 0. The van der Waals surface area contributed by atoms with Crippen molar-refractivity contribution >= 4 is 0 Å². The van der Waals surface area contributed by atoms with Gasteiger partial charge in [0.15, 0.2) is 0 Å². The second-order valence-electron chi connectivity index (χ2n) is 16.8. The monoisotopic (exact) mass is 604 g/mol. The molecule has 4 fully saturated rings. The molecule has 6 N–H and O–H groups in total. The molecular formula is C38H73N3O2. The molecule has 0 spiro atoms. The summed E-state index contributed by atoms with van der Waals surface area (Å²) in [5.74, 6) is 4.30. The molecule has 0 bridgehead atoms. The van der Waals surface area contributed by atoms with Crippen molar-refractivity contribution in [2.45, 2.75) is 162 Å². The Morgan fingerprint density at radius 1 is 0.767 bits per heavy atom. The molecule has 3 unspecified atom stereocenters. The van der Waals surface area contributed by atoms with E-state index >= 15 is 0 Å². The first-order valence-electron chi connectivity index (χ1n) is 19.1. The highest BCUT2D eigenvalue weighted by molar-refractivity contribution is 5.12. The Morgan fingerprint density at radius 3 is 2.19 bits per heavy atom. The molecule has 0 aromatic carbocycles. The van der Waals surface area contributed by atoms with Gasteiger partial charge in [0.2, 0.25) is 0 Å². The van der Waals surface area contributed by atoms with Crippen LogP contribution in [0.2, 0.25) is 0 Å². The van der Waals surface area contributed by atoms with Gasteiger partial charge in [0.05, 0.1) is 12.2 Å².